The summed E-state index contributed by atoms with van der Waals surface area (Å²) in [5.41, 5.74) is 10.8. The molecule has 72 heavy (non-hydrogen) atoms. The van der Waals surface area contributed by atoms with E-state index in [4.69, 9.17) is 9.47 Å². The number of carbonyl (C=O) groups excluding carboxylic acids is 4. The molecule has 11 rings (SSSR count). The zero-order chi connectivity index (χ0) is 49.7. The molecule has 0 bridgehead atoms. The number of benzene rings is 5. The van der Waals surface area contributed by atoms with Crippen molar-refractivity contribution >= 4 is 73.5 Å². The van der Waals surface area contributed by atoms with Crippen LogP contribution in [0.4, 0.5) is 17.1 Å². The number of hydrogen-bond acceptors (Lipinski definition) is 10. The van der Waals surface area contributed by atoms with Crippen LogP contribution in [0.15, 0.2) is 152 Å². The number of rotatable bonds is 15. The van der Waals surface area contributed by atoms with Gasteiger partial charge >= 0.3 is 5.97 Å². The van der Waals surface area contributed by atoms with E-state index in [-0.39, 0.29) is 23.7 Å². The number of aromatic nitrogens is 3. The van der Waals surface area contributed by atoms with Crippen molar-refractivity contribution in [1.82, 2.24) is 19.0 Å². The first kappa shape index (κ1) is 46.2. The van der Waals surface area contributed by atoms with Crippen LogP contribution >= 0.6 is 0 Å². The average Bonchev–Trinajstić information content (AvgIpc) is 4.28. The summed E-state index contributed by atoms with van der Waals surface area (Å²) < 4.78 is 15.6. The molecule has 0 fully saturated rings. The number of ether oxygens (including phenoxy) is 2. The van der Waals surface area contributed by atoms with E-state index in [0.29, 0.717) is 25.7 Å². The number of methoxy groups -OCH3 is 2. The van der Waals surface area contributed by atoms with E-state index in [0.717, 1.165) is 115 Å². The van der Waals surface area contributed by atoms with Gasteiger partial charge in [0.1, 0.15) is 23.9 Å². The summed E-state index contributed by atoms with van der Waals surface area (Å²) in [6, 6.07) is 34.8. The number of nitrogens with one attached hydrogen (secondary N) is 4. The normalized spacial score (nSPS) is 17.7. The minimum absolute atomic E-state index is 0.0421. The number of allylic oxidation sites excluding steroid dienone is 2. The van der Waals surface area contributed by atoms with Gasteiger partial charge in [0.25, 0.3) is 11.8 Å². The summed E-state index contributed by atoms with van der Waals surface area (Å²) in [5.74, 6) is 0.358. The fraction of sp³-hybridized carbons (Fsp3) is 0.254. The van der Waals surface area contributed by atoms with Gasteiger partial charge in [0.05, 0.1) is 36.3 Å². The van der Waals surface area contributed by atoms with Crippen molar-refractivity contribution in [2.75, 3.05) is 36.7 Å². The SMILES string of the molecule is C=CC=C(C)C(NCCCCCC(=O)n1ccc2c3c(ccc21)NC(C(=O)n1ccc2c4c(ccc21)NC(C(=O)n1ccc2c5c(ccc21)NC(C(=O)OC)C5)C4)C3)(c1ccccc1)c1ccc(OC)cc1. The standard InChI is InChI=1S/C59H57N7O6/c1-5-12-36(2)59(37-13-8-6-9-14-37,38-16-18-39(71-3)19-17-38)60-29-11-7-10-15-55(67)64-30-26-40-43-33-49(61-46(43)20-23-52(40)64)56(68)65-31-27-41-44-34-50(62-47(44)21-24-53(41)65)57(69)66-32-28-42-45-35-51(58(70)72-4)63-48(45)22-25-54(42)66/h5-6,8-9,12-14,16-28,30-32,49-51,60-63H,1,7,10-11,15,29,33-35H2,2-4H3. The van der Waals surface area contributed by atoms with Crippen LogP contribution in [-0.2, 0) is 34.3 Å². The molecule has 0 saturated heterocycles. The van der Waals surface area contributed by atoms with Crippen LogP contribution < -0.4 is 26.0 Å². The zero-order valence-corrected chi connectivity index (χ0v) is 40.7. The highest BCUT2D eigenvalue weighted by molar-refractivity contribution is 6.05. The maximum absolute atomic E-state index is 14.3. The maximum atomic E-state index is 14.3. The lowest BCUT2D eigenvalue weighted by molar-refractivity contribution is -0.141. The van der Waals surface area contributed by atoms with Crippen molar-refractivity contribution in [2.24, 2.45) is 0 Å². The molecule has 0 amide bonds. The molecule has 4 N–H and O–H groups in total. The Morgan fingerprint density at radius 2 is 1.12 bits per heavy atom. The summed E-state index contributed by atoms with van der Waals surface area (Å²) >= 11 is 0. The van der Waals surface area contributed by atoms with Crippen LogP contribution in [-0.4, -0.2) is 76.3 Å². The summed E-state index contributed by atoms with van der Waals surface area (Å²) in [4.78, 5) is 54.5. The van der Waals surface area contributed by atoms with Crippen molar-refractivity contribution in [3.05, 3.63) is 180 Å². The first-order valence-electron chi connectivity index (χ1n) is 24.7. The van der Waals surface area contributed by atoms with Gasteiger partial charge in [0.15, 0.2) is 0 Å². The summed E-state index contributed by atoms with van der Waals surface area (Å²) in [6.07, 6.45) is 13.7. The van der Waals surface area contributed by atoms with Crippen LogP contribution in [0.25, 0.3) is 32.7 Å². The molecule has 3 aliphatic rings. The van der Waals surface area contributed by atoms with Gasteiger partial charge in [-0.1, -0.05) is 67.6 Å². The molecule has 4 unspecified atom stereocenters. The molecule has 5 aromatic carbocycles. The van der Waals surface area contributed by atoms with Crippen LogP contribution in [0, 0.1) is 0 Å². The molecule has 0 saturated carbocycles. The van der Waals surface area contributed by atoms with Crippen molar-refractivity contribution in [3.63, 3.8) is 0 Å². The number of fused-ring (bicyclic) bond motifs is 9. The van der Waals surface area contributed by atoms with Gasteiger partial charge in [-0.2, -0.15) is 0 Å². The molecule has 6 heterocycles. The molecule has 364 valence electrons. The first-order valence-corrected chi connectivity index (χ1v) is 24.7. The molecule has 3 aliphatic heterocycles. The van der Waals surface area contributed by atoms with Crippen molar-refractivity contribution in [3.8, 4) is 5.75 Å². The van der Waals surface area contributed by atoms with Crippen LogP contribution in [0.3, 0.4) is 0 Å². The second-order valence-corrected chi connectivity index (χ2v) is 19.1. The minimum atomic E-state index is -0.580. The molecule has 3 aromatic heterocycles. The van der Waals surface area contributed by atoms with Crippen LogP contribution in [0.2, 0.25) is 0 Å². The number of anilines is 3. The van der Waals surface area contributed by atoms with Crippen molar-refractivity contribution in [2.45, 2.75) is 75.5 Å². The number of esters is 1. The molecular formula is C59H57N7O6. The average molecular weight is 960 g/mol. The summed E-state index contributed by atoms with van der Waals surface area (Å²) in [5, 5.41) is 16.9. The third-order valence-electron chi connectivity index (χ3n) is 15.1. The summed E-state index contributed by atoms with van der Waals surface area (Å²) in [6.45, 7) is 6.86. The number of hydrogen-bond donors (Lipinski definition) is 4. The van der Waals surface area contributed by atoms with Crippen molar-refractivity contribution in [1.29, 1.82) is 0 Å². The van der Waals surface area contributed by atoms with E-state index in [1.807, 2.05) is 91.3 Å². The second kappa shape index (κ2) is 18.9. The van der Waals surface area contributed by atoms with Gasteiger partial charge in [-0.15, -0.1) is 0 Å². The Morgan fingerprint density at radius 1 is 0.625 bits per heavy atom. The first-order chi connectivity index (χ1) is 35.1. The fourth-order valence-electron chi connectivity index (χ4n) is 11.5. The molecule has 0 radical (unpaired) electrons. The minimum Gasteiger partial charge on any atom is -0.497 e. The third kappa shape index (κ3) is 7.84. The molecular weight excluding hydrogens is 903 g/mol. The van der Waals surface area contributed by atoms with Gasteiger partial charge in [0.2, 0.25) is 5.91 Å². The Morgan fingerprint density at radius 3 is 1.65 bits per heavy atom. The number of nitrogens with zero attached hydrogens (tertiary/aromatic N) is 3. The Balaban J connectivity index is 0.726. The van der Waals surface area contributed by atoms with E-state index in [1.165, 1.54) is 7.11 Å². The molecule has 0 aliphatic carbocycles. The highest BCUT2D eigenvalue weighted by atomic mass is 16.5. The predicted octanol–water partition coefficient (Wildman–Crippen LogP) is 10.3. The largest absolute Gasteiger partial charge is 0.497 e. The topological polar surface area (TPSA) is 150 Å². The van der Waals surface area contributed by atoms with Gasteiger partial charge in [-0.05, 0) is 126 Å². The molecule has 0 spiro atoms. The molecule has 13 heteroatoms. The smallest absolute Gasteiger partial charge is 0.328 e. The summed E-state index contributed by atoms with van der Waals surface area (Å²) in [7, 11) is 3.06. The van der Waals surface area contributed by atoms with Crippen LogP contribution in [0.1, 0.15) is 74.8 Å². The monoisotopic (exact) mass is 959 g/mol. The van der Waals surface area contributed by atoms with Gasteiger partial charge in [-0.3, -0.25) is 28.1 Å². The molecule has 4 atom stereocenters. The third-order valence-corrected chi connectivity index (χ3v) is 15.1. The fourth-order valence-corrected chi connectivity index (χ4v) is 11.5. The predicted molar refractivity (Wildman–Crippen MR) is 284 cm³/mol. The van der Waals surface area contributed by atoms with Gasteiger partial charge in [0, 0.05) is 77.5 Å². The quantitative estimate of drug-likeness (QED) is 0.0444. The van der Waals surface area contributed by atoms with Gasteiger partial charge < -0.3 is 30.7 Å². The Labute approximate surface area is 417 Å². The van der Waals surface area contributed by atoms with Crippen LogP contribution in [0.5, 0.6) is 5.75 Å². The maximum Gasteiger partial charge on any atom is 0.328 e. The molecule has 8 aromatic rings. The van der Waals surface area contributed by atoms with E-state index in [2.05, 4.69) is 77.2 Å². The Bertz CT molecular complexity index is 3490. The van der Waals surface area contributed by atoms with Gasteiger partial charge in [-0.25, -0.2) is 4.79 Å². The zero-order valence-electron chi connectivity index (χ0n) is 40.7. The Kier molecular flexibility index (Phi) is 12.1. The van der Waals surface area contributed by atoms with E-state index >= 15 is 0 Å². The highest BCUT2D eigenvalue weighted by Gasteiger charge is 2.37. The second-order valence-electron chi connectivity index (χ2n) is 19.1. The van der Waals surface area contributed by atoms with E-state index in [1.54, 1.807) is 27.0 Å². The van der Waals surface area contributed by atoms with E-state index < -0.39 is 23.7 Å². The van der Waals surface area contributed by atoms with E-state index in [9.17, 15) is 19.2 Å². The Hall–Kier alpha value is -8.16. The lowest BCUT2D eigenvalue weighted by Crippen LogP contribution is -2.45. The van der Waals surface area contributed by atoms with Crippen molar-refractivity contribution < 1.29 is 28.7 Å². The highest BCUT2D eigenvalue weighted by Crippen LogP contribution is 2.40. The lowest BCUT2D eigenvalue weighted by atomic mass is 9.76. The molecule has 13 nitrogen and oxygen atoms in total. The number of unbranched alkanes of at least 4 members (excludes halogenated alkanes) is 2. The lowest BCUT2D eigenvalue weighted by Gasteiger charge is -2.38. The number of carbonyl (C=O) groups is 4.